The summed E-state index contributed by atoms with van der Waals surface area (Å²) in [6.07, 6.45) is 1.12. The summed E-state index contributed by atoms with van der Waals surface area (Å²) >= 11 is 6.26. The van der Waals surface area contributed by atoms with E-state index in [1.807, 2.05) is 6.92 Å². The van der Waals surface area contributed by atoms with Gasteiger partial charge in [0.2, 0.25) is 5.91 Å². The lowest BCUT2D eigenvalue weighted by atomic mass is 10.1. The van der Waals surface area contributed by atoms with Gasteiger partial charge in [-0.2, -0.15) is 0 Å². The number of sulfonamides is 1. The molecule has 0 radical (unpaired) electrons. The van der Waals surface area contributed by atoms with Gasteiger partial charge in [0.1, 0.15) is 6.54 Å². The number of hydrogen-bond donors (Lipinski definition) is 1. The third kappa shape index (κ3) is 6.42. The lowest BCUT2D eigenvalue weighted by molar-refractivity contribution is -0.120. The summed E-state index contributed by atoms with van der Waals surface area (Å²) in [6.45, 7) is 4.91. The molecule has 35 heavy (non-hydrogen) atoms. The van der Waals surface area contributed by atoms with Crippen molar-refractivity contribution >= 4 is 43.1 Å². The summed E-state index contributed by atoms with van der Waals surface area (Å²) < 4.78 is 51.4. The predicted octanol–water partition coefficient (Wildman–Crippen LogP) is 4.43. The maximum absolute atomic E-state index is 13.5. The average molecular weight is 535 g/mol. The first kappa shape index (κ1) is 26.7. The number of sulfone groups is 1. The van der Waals surface area contributed by atoms with Crippen LogP contribution >= 0.6 is 11.6 Å². The van der Waals surface area contributed by atoms with Gasteiger partial charge in [0.25, 0.3) is 10.0 Å². The van der Waals surface area contributed by atoms with E-state index in [0.717, 1.165) is 21.7 Å². The van der Waals surface area contributed by atoms with Gasteiger partial charge < -0.3 is 5.32 Å². The van der Waals surface area contributed by atoms with Gasteiger partial charge >= 0.3 is 0 Å². The number of carbonyl (C=O) groups excluding carboxylic acids is 1. The third-order valence-electron chi connectivity index (χ3n) is 5.53. The van der Waals surface area contributed by atoms with E-state index < -0.39 is 38.4 Å². The van der Waals surface area contributed by atoms with Crippen molar-refractivity contribution in [2.45, 2.75) is 36.6 Å². The highest BCUT2D eigenvalue weighted by molar-refractivity contribution is 7.93. The van der Waals surface area contributed by atoms with Gasteiger partial charge in [0.05, 0.1) is 21.5 Å². The molecule has 186 valence electrons. The van der Waals surface area contributed by atoms with Gasteiger partial charge in [-0.05, 0) is 68.3 Å². The number of amides is 1. The van der Waals surface area contributed by atoms with Crippen LogP contribution in [-0.2, 0) is 24.7 Å². The highest BCUT2D eigenvalue weighted by atomic mass is 35.5. The van der Waals surface area contributed by atoms with Crippen LogP contribution in [0.2, 0.25) is 5.02 Å². The molecule has 0 aliphatic rings. The zero-order valence-electron chi connectivity index (χ0n) is 19.8. The molecular formula is C25H27ClN2O5S2. The molecule has 10 heteroatoms. The van der Waals surface area contributed by atoms with E-state index in [2.05, 4.69) is 5.32 Å². The van der Waals surface area contributed by atoms with Gasteiger partial charge in [-0.1, -0.05) is 47.5 Å². The van der Waals surface area contributed by atoms with Crippen molar-refractivity contribution in [2.24, 2.45) is 0 Å². The minimum atomic E-state index is -4.07. The predicted molar refractivity (Wildman–Crippen MR) is 138 cm³/mol. The number of hydrogen-bond acceptors (Lipinski definition) is 5. The Bertz CT molecular complexity index is 1440. The fourth-order valence-corrected chi connectivity index (χ4v) is 5.61. The van der Waals surface area contributed by atoms with Crippen LogP contribution in [0.5, 0.6) is 0 Å². The molecule has 0 saturated carbocycles. The van der Waals surface area contributed by atoms with Crippen LogP contribution in [0.25, 0.3) is 0 Å². The van der Waals surface area contributed by atoms with E-state index in [4.69, 9.17) is 11.6 Å². The van der Waals surface area contributed by atoms with Crippen molar-refractivity contribution in [1.29, 1.82) is 0 Å². The zero-order valence-corrected chi connectivity index (χ0v) is 22.2. The van der Waals surface area contributed by atoms with E-state index in [1.54, 1.807) is 50.2 Å². The summed E-state index contributed by atoms with van der Waals surface area (Å²) in [7, 11) is -7.41. The Morgan fingerprint density at radius 2 is 1.49 bits per heavy atom. The van der Waals surface area contributed by atoms with E-state index in [9.17, 15) is 21.6 Å². The van der Waals surface area contributed by atoms with Gasteiger partial charge in [-0.3, -0.25) is 9.10 Å². The Hall–Kier alpha value is -2.88. The molecule has 1 atom stereocenters. The minimum Gasteiger partial charge on any atom is -0.348 e. The number of anilines is 1. The standard InChI is InChI=1S/C25H27ClN2O5S2/c1-17-5-11-23(12-6-17)35(32,33)28(21-10-7-18(2)24(26)15-21)16-25(29)27-19(3)20-8-13-22(14-9-20)34(4,30)31/h5-15,19H,16H2,1-4H3,(H,27,29). The van der Waals surface area contributed by atoms with Gasteiger partial charge in [0, 0.05) is 11.3 Å². The molecular weight excluding hydrogens is 508 g/mol. The zero-order chi connectivity index (χ0) is 26.0. The first-order valence-electron chi connectivity index (χ1n) is 10.7. The van der Waals surface area contributed by atoms with Gasteiger partial charge in [-0.25, -0.2) is 16.8 Å². The molecule has 0 aromatic heterocycles. The maximum atomic E-state index is 13.5. The normalized spacial score (nSPS) is 12.7. The molecule has 1 amide bonds. The highest BCUT2D eigenvalue weighted by Gasteiger charge is 2.28. The first-order chi connectivity index (χ1) is 16.3. The molecule has 0 heterocycles. The molecule has 0 spiro atoms. The molecule has 3 rings (SSSR count). The summed E-state index contributed by atoms with van der Waals surface area (Å²) in [6, 6.07) is 16.9. The third-order valence-corrected chi connectivity index (χ3v) is 8.85. The second-order valence-corrected chi connectivity index (χ2v) is 12.7. The molecule has 7 nitrogen and oxygen atoms in total. The summed E-state index contributed by atoms with van der Waals surface area (Å²) in [5.41, 5.74) is 2.62. The fraction of sp³-hybridized carbons (Fsp3) is 0.240. The Labute approximate surface area is 211 Å². The Balaban J connectivity index is 1.89. The van der Waals surface area contributed by atoms with E-state index >= 15 is 0 Å². The van der Waals surface area contributed by atoms with E-state index in [1.165, 1.54) is 30.3 Å². The summed E-state index contributed by atoms with van der Waals surface area (Å²) in [4.78, 5) is 13.2. The molecule has 1 unspecified atom stereocenters. The number of nitrogens with zero attached hydrogens (tertiary/aromatic N) is 1. The van der Waals surface area contributed by atoms with E-state index in [-0.39, 0.29) is 15.5 Å². The SMILES string of the molecule is Cc1ccc(S(=O)(=O)N(CC(=O)NC(C)c2ccc(S(C)(=O)=O)cc2)c2ccc(C)c(Cl)c2)cc1. The second-order valence-electron chi connectivity index (χ2n) is 8.39. The first-order valence-corrected chi connectivity index (χ1v) is 14.4. The molecule has 1 N–H and O–H groups in total. The minimum absolute atomic E-state index is 0.0528. The van der Waals surface area contributed by atoms with Crippen molar-refractivity contribution < 1.29 is 21.6 Å². The maximum Gasteiger partial charge on any atom is 0.264 e. The number of rotatable bonds is 8. The molecule has 0 fully saturated rings. The monoisotopic (exact) mass is 534 g/mol. The van der Waals surface area contributed by atoms with Crippen molar-refractivity contribution in [3.8, 4) is 0 Å². The van der Waals surface area contributed by atoms with Gasteiger partial charge in [-0.15, -0.1) is 0 Å². The number of halogens is 1. The lowest BCUT2D eigenvalue weighted by Gasteiger charge is -2.25. The Kier molecular flexibility index (Phi) is 7.93. The number of nitrogens with one attached hydrogen (secondary N) is 1. The van der Waals surface area contributed by atoms with Gasteiger partial charge in [0.15, 0.2) is 9.84 Å². The number of carbonyl (C=O) groups is 1. The van der Waals surface area contributed by atoms with Crippen LogP contribution in [0.1, 0.15) is 29.7 Å². The van der Waals surface area contributed by atoms with Crippen molar-refractivity contribution in [3.63, 3.8) is 0 Å². The smallest absolute Gasteiger partial charge is 0.264 e. The van der Waals surface area contributed by atoms with Crippen LogP contribution in [0.4, 0.5) is 5.69 Å². The molecule has 0 aliphatic carbocycles. The van der Waals surface area contributed by atoms with Crippen molar-refractivity contribution in [1.82, 2.24) is 5.32 Å². The Morgan fingerprint density at radius 1 is 0.914 bits per heavy atom. The number of aryl methyl sites for hydroxylation is 2. The lowest BCUT2D eigenvalue weighted by Crippen LogP contribution is -2.41. The molecule has 0 aliphatic heterocycles. The molecule has 3 aromatic carbocycles. The molecule has 0 saturated heterocycles. The second kappa shape index (κ2) is 10.4. The summed E-state index contributed by atoms with van der Waals surface area (Å²) in [5, 5.41) is 3.17. The van der Waals surface area contributed by atoms with Crippen LogP contribution in [0.3, 0.4) is 0 Å². The van der Waals surface area contributed by atoms with Crippen molar-refractivity contribution in [2.75, 3.05) is 17.1 Å². The van der Waals surface area contributed by atoms with E-state index in [0.29, 0.717) is 10.6 Å². The molecule has 3 aromatic rings. The van der Waals surface area contributed by atoms with Crippen LogP contribution in [-0.4, -0.2) is 35.5 Å². The van der Waals surface area contributed by atoms with Crippen molar-refractivity contribution in [3.05, 3.63) is 88.4 Å². The van der Waals surface area contributed by atoms with Crippen LogP contribution < -0.4 is 9.62 Å². The number of benzene rings is 3. The largest absolute Gasteiger partial charge is 0.348 e. The average Bonchev–Trinajstić information content (AvgIpc) is 2.79. The highest BCUT2D eigenvalue weighted by Crippen LogP contribution is 2.28. The Morgan fingerprint density at radius 3 is 2.03 bits per heavy atom. The fourth-order valence-electron chi connectivity index (χ4n) is 3.39. The topological polar surface area (TPSA) is 101 Å². The van der Waals surface area contributed by atoms with Crippen LogP contribution in [0, 0.1) is 13.8 Å². The summed E-state index contributed by atoms with van der Waals surface area (Å²) in [5.74, 6) is -0.530. The molecule has 0 bridgehead atoms. The van der Waals surface area contributed by atoms with Crippen LogP contribution in [0.15, 0.2) is 76.5 Å². The quantitative estimate of drug-likeness (QED) is 0.460.